The molecular weight excluding hydrogens is 377 g/mol. The predicted octanol–water partition coefficient (Wildman–Crippen LogP) is 3.97. The number of nitrogens with zero attached hydrogens (tertiary/aromatic N) is 3. The zero-order valence-corrected chi connectivity index (χ0v) is 17.1. The van der Waals surface area contributed by atoms with E-state index in [2.05, 4.69) is 4.98 Å². The van der Waals surface area contributed by atoms with Gasteiger partial charge in [0.1, 0.15) is 17.1 Å². The fraction of sp³-hybridized carbons (Fsp3) is 0.333. The van der Waals surface area contributed by atoms with Gasteiger partial charge in [-0.15, -0.1) is 0 Å². The quantitative estimate of drug-likeness (QED) is 0.573. The summed E-state index contributed by atoms with van der Waals surface area (Å²) in [5, 5.41) is 0.526. The Bertz CT molecular complexity index is 940. The Morgan fingerprint density at radius 1 is 1.14 bits per heavy atom. The van der Waals surface area contributed by atoms with E-state index in [0.29, 0.717) is 30.3 Å². The third-order valence-corrected chi connectivity index (χ3v) is 5.29. The van der Waals surface area contributed by atoms with E-state index in [4.69, 9.17) is 4.74 Å². The Hall–Kier alpha value is -2.51. The van der Waals surface area contributed by atoms with Crippen LogP contribution in [0.2, 0.25) is 0 Å². The third-order valence-electron chi connectivity index (χ3n) is 4.25. The minimum atomic E-state index is -0.369. The van der Waals surface area contributed by atoms with Gasteiger partial charge in [-0.1, -0.05) is 29.5 Å². The molecule has 148 valence electrons. The Labute approximate surface area is 168 Å². The lowest BCUT2D eigenvalue weighted by molar-refractivity contribution is -0.118. The van der Waals surface area contributed by atoms with Crippen molar-refractivity contribution in [3.63, 3.8) is 0 Å². The van der Waals surface area contributed by atoms with Gasteiger partial charge < -0.3 is 9.64 Å². The molecule has 0 saturated carbocycles. The second-order valence-corrected chi connectivity index (χ2v) is 7.69. The summed E-state index contributed by atoms with van der Waals surface area (Å²) in [6.07, 6.45) is 0.248. The largest absolute Gasteiger partial charge is 0.494 e. The smallest absolute Gasteiger partial charge is 0.233 e. The monoisotopic (exact) mass is 401 g/mol. The molecule has 0 aliphatic rings. The van der Waals surface area contributed by atoms with Gasteiger partial charge in [-0.05, 0) is 50.8 Å². The van der Waals surface area contributed by atoms with Crippen molar-refractivity contribution in [2.75, 3.05) is 38.7 Å². The zero-order chi connectivity index (χ0) is 20.1. The Morgan fingerprint density at radius 2 is 1.89 bits per heavy atom. The molecule has 28 heavy (non-hydrogen) atoms. The van der Waals surface area contributed by atoms with Crippen LogP contribution in [0.4, 0.5) is 9.52 Å². The number of rotatable bonds is 8. The normalized spacial score (nSPS) is 11.2. The van der Waals surface area contributed by atoms with Gasteiger partial charge in [0.15, 0.2) is 5.13 Å². The molecule has 0 aliphatic heterocycles. The first kappa shape index (κ1) is 20.2. The van der Waals surface area contributed by atoms with Crippen molar-refractivity contribution in [2.45, 2.75) is 13.3 Å². The summed E-state index contributed by atoms with van der Waals surface area (Å²) in [6, 6.07) is 12.4. The van der Waals surface area contributed by atoms with Gasteiger partial charge in [-0.2, -0.15) is 0 Å². The van der Waals surface area contributed by atoms with E-state index in [1.54, 1.807) is 11.0 Å². The first-order valence-corrected chi connectivity index (χ1v) is 10.0. The van der Waals surface area contributed by atoms with Crippen LogP contribution in [0.3, 0.4) is 0 Å². The van der Waals surface area contributed by atoms with Crippen LogP contribution in [0.25, 0.3) is 10.2 Å². The number of carbonyl (C=O) groups is 1. The topological polar surface area (TPSA) is 45.7 Å². The summed E-state index contributed by atoms with van der Waals surface area (Å²) in [5.74, 6) is 0.349. The van der Waals surface area contributed by atoms with E-state index >= 15 is 0 Å². The van der Waals surface area contributed by atoms with Crippen LogP contribution in [0.15, 0.2) is 42.5 Å². The van der Waals surface area contributed by atoms with Crippen LogP contribution in [-0.4, -0.2) is 49.6 Å². The second kappa shape index (κ2) is 9.12. The lowest BCUT2D eigenvalue weighted by atomic mass is 10.1. The Kier molecular flexibility index (Phi) is 6.59. The van der Waals surface area contributed by atoms with Crippen molar-refractivity contribution >= 4 is 32.6 Å². The molecule has 0 saturated heterocycles. The van der Waals surface area contributed by atoms with Crippen molar-refractivity contribution in [3.8, 4) is 5.75 Å². The first-order valence-electron chi connectivity index (χ1n) is 9.20. The van der Waals surface area contributed by atoms with Crippen molar-refractivity contribution in [2.24, 2.45) is 0 Å². The minimum Gasteiger partial charge on any atom is -0.494 e. The van der Waals surface area contributed by atoms with Crippen LogP contribution >= 0.6 is 11.3 Å². The molecule has 0 fully saturated rings. The number of anilines is 1. The molecule has 0 atom stereocenters. The molecule has 0 radical (unpaired) electrons. The molecule has 0 spiro atoms. The second-order valence-electron chi connectivity index (χ2n) is 6.69. The molecule has 1 aromatic heterocycles. The van der Waals surface area contributed by atoms with Crippen molar-refractivity contribution in [1.82, 2.24) is 9.88 Å². The maximum absolute atomic E-state index is 14.0. The SMILES string of the molecule is CCOc1ccc(CC(=O)N(CCN(C)C)c2nc3c(F)cccc3s2)cc1. The molecule has 3 rings (SSSR count). The fourth-order valence-electron chi connectivity index (χ4n) is 2.79. The van der Waals surface area contributed by atoms with Crippen LogP contribution in [0, 0.1) is 5.82 Å². The predicted molar refractivity (Wildman–Crippen MR) is 112 cm³/mol. The number of aromatic nitrogens is 1. The number of hydrogen-bond acceptors (Lipinski definition) is 5. The molecule has 5 nitrogen and oxygen atoms in total. The number of hydrogen-bond donors (Lipinski definition) is 0. The van der Waals surface area contributed by atoms with E-state index in [-0.39, 0.29) is 18.1 Å². The number of fused-ring (bicyclic) bond motifs is 1. The molecule has 0 aliphatic carbocycles. The maximum Gasteiger partial charge on any atom is 0.233 e. The number of ether oxygens (including phenoxy) is 1. The molecule has 2 aromatic carbocycles. The summed E-state index contributed by atoms with van der Waals surface area (Å²) >= 11 is 1.33. The zero-order valence-electron chi connectivity index (χ0n) is 16.3. The van der Waals surface area contributed by atoms with Gasteiger partial charge in [0.2, 0.25) is 5.91 Å². The average Bonchev–Trinajstić information content (AvgIpc) is 3.09. The number of likely N-dealkylation sites (N-methyl/N-ethyl adjacent to an activating group) is 1. The van der Waals surface area contributed by atoms with Gasteiger partial charge in [0, 0.05) is 13.1 Å². The molecule has 0 bridgehead atoms. The molecule has 0 N–H and O–H groups in total. The maximum atomic E-state index is 14.0. The van der Waals surface area contributed by atoms with Gasteiger partial charge in [0.25, 0.3) is 0 Å². The lowest BCUT2D eigenvalue weighted by Crippen LogP contribution is -2.37. The summed E-state index contributed by atoms with van der Waals surface area (Å²) in [6.45, 7) is 3.71. The van der Waals surface area contributed by atoms with Crippen LogP contribution in [0.1, 0.15) is 12.5 Å². The average molecular weight is 402 g/mol. The van der Waals surface area contributed by atoms with Crippen molar-refractivity contribution in [1.29, 1.82) is 0 Å². The van der Waals surface area contributed by atoms with Gasteiger partial charge in [-0.3, -0.25) is 9.69 Å². The lowest BCUT2D eigenvalue weighted by Gasteiger charge is -2.22. The highest BCUT2D eigenvalue weighted by atomic mass is 32.1. The van der Waals surface area contributed by atoms with E-state index in [9.17, 15) is 9.18 Å². The van der Waals surface area contributed by atoms with Crippen molar-refractivity contribution < 1.29 is 13.9 Å². The number of halogens is 1. The van der Waals surface area contributed by atoms with Gasteiger partial charge >= 0.3 is 0 Å². The standard InChI is InChI=1S/C21H24FN3O2S/c1-4-27-16-10-8-15(9-11-16)14-19(26)25(13-12-24(2)3)21-23-20-17(22)6-5-7-18(20)28-21/h5-11H,4,12-14H2,1-3H3. The summed E-state index contributed by atoms with van der Waals surface area (Å²) in [4.78, 5) is 21.1. The van der Waals surface area contributed by atoms with Gasteiger partial charge in [-0.25, -0.2) is 9.37 Å². The Balaban J connectivity index is 1.83. The van der Waals surface area contributed by atoms with Crippen LogP contribution in [0.5, 0.6) is 5.75 Å². The number of carbonyl (C=O) groups excluding carboxylic acids is 1. The molecule has 0 unspecified atom stereocenters. The van der Waals surface area contributed by atoms with Crippen molar-refractivity contribution in [3.05, 3.63) is 53.8 Å². The molecule has 7 heteroatoms. The summed E-state index contributed by atoms with van der Waals surface area (Å²) in [5.41, 5.74) is 1.21. The number of thiazole rings is 1. The van der Waals surface area contributed by atoms with Gasteiger partial charge in [0.05, 0.1) is 17.7 Å². The van der Waals surface area contributed by atoms with Crippen LogP contribution < -0.4 is 9.64 Å². The number of para-hydroxylation sites is 1. The highest BCUT2D eigenvalue weighted by molar-refractivity contribution is 7.22. The van der Waals surface area contributed by atoms with E-state index in [1.807, 2.05) is 56.3 Å². The molecule has 1 heterocycles. The highest BCUT2D eigenvalue weighted by Gasteiger charge is 2.21. The highest BCUT2D eigenvalue weighted by Crippen LogP contribution is 2.30. The van der Waals surface area contributed by atoms with Crippen LogP contribution in [-0.2, 0) is 11.2 Å². The number of benzene rings is 2. The number of amides is 1. The first-order chi connectivity index (χ1) is 13.5. The molecule has 1 amide bonds. The summed E-state index contributed by atoms with van der Waals surface area (Å²) < 4.78 is 20.2. The third kappa shape index (κ3) is 4.85. The minimum absolute atomic E-state index is 0.0644. The van der Waals surface area contributed by atoms with E-state index in [1.165, 1.54) is 17.4 Å². The Morgan fingerprint density at radius 3 is 2.54 bits per heavy atom. The fourth-order valence-corrected chi connectivity index (χ4v) is 3.81. The molecular formula is C21H24FN3O2S. The summed E-state index contributed by atoms with van der Waals surface area (Å²) in [7, 11) is 3.90. The molecule has 3 aromatic rings. The van der Waals surface area contributed by atoms with E-state index in [0.717, 1.165) is 16.0 Å². The van der Waals surface area contributed by atoms with E-state index < -0.39 is 0 Å².